The Balaban J connectivity index is 1.47. The number of aromatic nitrogens is 3. The molecule has 4 rings (SSSR count). The van der Waals surface area contributed by atoms with Crippen LogP contribution in [0.15, 0.2) is 36.7 Å². The van der Waals surface area contributed by atoms with Gasteiger partial charge in [-0.2, -0.15) is 0 Å². The number of fused-ring (bicyclic) bond motifs is 1. The van der Waals surface area contributed by atoms with Gasteiger partial charge in [-0.25, -0.2) is 14.8 Å². The number of carbonyl (C=O) groups excluding carboxylic acids is 2. The van der Waals surface area contributed by atoms with Crippen LogP contribution in [0.3, 0.4) is 0 Å². The van der Waals surface area contributed by atoms with Crippen molar-refractivity contribution in [2.75, 3.05) is 31.1 Å². The Morgan fingerprint density at radius 3 is 2.59 bits per heavy atom. The summed E-state index contributed by atoms with van der Waals surface area (Å²) in [6, 6.07) is 6.69. The Morgan fingerprint density at radius 2 is 1.92 bits per heavy atom. The number of aryl methyl sites for hydroxylation is 1. The van der Waals surface area contributed by atoms with Crippen LogP contribution in [0.5, 0.6) is 5.75 Å². The lowest BCUT2D eigenvalue weighted by molar-refractivity contribution is 0.00698. The number of hydrogen-bond donors (Lipinski definition) is 3. The predicted molar refractivity (Wildman–Crippen MR) is 137 cm³/mol. The average Bonchev–Trinajstić information content (AvgIpc) is 2.86. The van der Waals surface area contributed by atoms with Crippen molar-refractivity contribution >= 4 is 28.7 Å². The fourth-order valence-corrected chi connectivity index (χ4v) is 4.07. The molecule has 4 heterocycles. The molecule has 2 amide bonds. The van der Waals surface area contributed by atoms with E-state index in [9.17, 15) is 19.8 Å². The number of pyridine rings is 3. The lowest BCUT2D eigenvalue weighted by atomic mass is 10.1. The van der Waals surface area contributed by atoms with E-state index < -0.39 is 23.6 Å². The average molecular weight is 509 g/mol. The topological polar surface area (TPSA) is 141 Å². The molecule has 37 heavy (non-hydrogen) atoms. The third-order valence-electron chi connectivity index (χ3n) is 5.99. The molecule has 3 aromatic heterocycles. The van der Waals surface area contributed by atoms with Crippen molar-refractivity contribution in [3.63, 3.8) is 0 Å². The van der Waals surface area contributed by atoms with Gasteiger partial charge < -0.3 is 25.2 Å². The fourth-order valence-electron chi connectivity index (χ4n) is 4.07. The second kappa shape index (κ2) is 10.6. The molecule has 196 valence electrons. The van der Waals surface area contributed by atoms with Crippen molar-refractivity contribution in [3.8, 4) is 5.75 Å². The Kier molecular flexibility index (Phi) is 7.44. The number of anilines is 1. The van der Waals surface area contributed by atoms with Gasteiger partial charge in [0.2, 0.25) is 0 Å². The van der Waals surface area contributed by atoms with Crippen molar-refractivity contribution in [2.24, 2.45) is 0 Å². The maximum Gasteiger partial charge on any atom is 0.410 e. The number of aliphatic hydroxyl groups is 1. The number of carbonyl (C=O) groups is 2. The van der Waals surface area contributed by atoms with Gasteiger partial charge in [0.25, 0.3) is 5.91 Å². The first kappa shape index (κ1) is 26.1. The number of amides is 2. The molecule has 3 N–H and O–H groups in total. The number of rotatable bonds is 5. The number of nitrogens with zero attached hydrogens (tertiary/aromatic N) is 5. The van der Waals surface area contributed by atoms with Gasteiger partial charge in [-0.3, -0.25) is 14.7 Å². The molecule has 11 heteroatoms. The second-order valence-electron chi connectivity index (χ2n) is 10.0. The molecule has 1 fully saturated rings. The maximum atomic E-state index is 12.7. The zero-order valence-electron chi connectivity index (χ0n) is 21.4. The van der Waals surface area contributed by atoms with Gasteiger partial charge in [-0.15, -0.1) is 0 Å². The highest BCUT2D eigenvalue weighted by Gasteiger charge is 2.33. The lowest BCUT2D eigenvalue weighted by Crippen LogP contribution is -2.57. The Bertz CT molecular complexity index is 1290. The first-order valence-corrected chi connectivity index (χ1v) is 12.1. The van der Waals surface area contributed by atoms with Crippen LogP contribution in [0.1, 0.15) is 42.5 Å². The molecular formula is C26H32N6O5. The summed E-state index contributed by atoms with van der Waals surface area (Å²) < 4.78 is 5.47. The van der Waals surface area contributed by atoms with E-state index >= 15 is 0 Å². The summed E-state index contributed by atoms with van der Waals surface area (Å²) in [5.41, 5.74) is 1.42. The highest BCUT2D eigenvalue weighted by Crippen LogP contribution is 2.29. The van der Waals surface area contributed by atoms with Gasteiger partial charge >= 0.3 is 6.09 Å². The smallest absolute Gasteiger partial charge is 0.410 e. The first-order chi connectivity index (χ1) is 17.6. The van der Waals surface area contributed by atoms with Crippen molar-refractivity contribution in [3.05, 3.63) is 53.6 Å². The molecule has 0 bridgehead atoms. The quantitative estimate of drug-likeness (QED) is 0.474. The standard InChI is InChI=1S/C26H32N6O5/c1-16-5-6-17(11-27-16)12-29-24(35)22-23(34)19-7-8-21(30-20(19)13-28-22)31-9-10-32(18(14-31)15-33)25(36)37-26(2,3)4/h5-8,11,13,18,33-34H,9-10,12,14-15H2,1-4H3,(H,29,35)/t18-/m1/s1. The Morgan fingerprint density at radius 1 is 1.14 bits per heavy atom. The molecule has 1 atom stereocenters. The SMILES string of the molecule is Cc1ccc(CNC(=O)c2ncc3nc(N4CCN(C(=O)OC(C)(C)C)[C@@H](CO)C4)ccc3c2O)cn1. The molecule has 0 radical (unpaired) electrons. The summed E-state index contributed by atoms with van der Waals surface area (Å²) >= 11 is 0. The van der Waals surface area contributed by atoms with E-state index in [0.717, 1.165) is 11.3 Å². The zero-order chi connectivity index (χ0) is 26.7. The highest BCUT2D eigenvalue weighted by atomic mass is 16.6. The fraction of sp³-hybridized carbons (Fsp3) is 0.423. The third kappa shape index (κ3) is 6.05. The summed E-state index contributed by atoms with van der Waals surface area (Å²) in [7, 11) is 0. The molecule has 0 aromatic carbocycles. The van der Waals surface area contributed by atoms with E-state index in [-0.39, 0.29) is 24.6 Å². The van der Waals surface area contributed by atoms with Gasteiger partial charge in [0, 0.05) is 43.5 Å². The first-order valence-electron chi connectivity index (χ1n) is 12.1. The summed E-state index contributed by atoms with van der Waals surface area (Å²) in [5, 5.41) is 23.8. The van der Waals surface area contributed by atoms with Crippen molar-refractivity contribution < 1.29 is 24.5 Å². The Labute approximate surface area is 215 Å². The lowest BCUT2D eigenvalue weighted by Gasteiger charge is -2.41. The number of aromatic hydroxyl groups is 1. The van der Waals surface area contributed by atoms with Crippen molar-refractivity contribution in [1.29, 1.82) is 0 Å². The molecule has 0 unspecified atom stereocenters. The van der Waals surface area contributed by atoms with E-state index in [1.54, 1.807) is 39.1 Å². The molecule has 0 saturated carbocycles. The zero-order valence-corrected chi connectivity index (χ0v) is 21.4. The largest absolute Gasteiger partial charge is 0.505 e. The molecule has 11 nitrogen and oxygen atoms in total. The number of nitrogens with one attached hydrogen (secondary N) is 1. The monoisotopic (exact) mass is 508 g/mol. The number of aliphatic hydroxyl groups excluding tert-OH is 1. The third-order valence-corrected chi connectivity index (χ3v) is 5.99. The van der Waals surface area contributed by atoms with E-state index in [4.69, 9.17) is 4.74 Å². The molecule has 1 saturated heterocycles. The van der Waals surface area contributed by atoms with Crippen LogP contribution in [0.4, 0.5) is 10.6 Å². The number of hydrogen-bond acceptors (Lipinski definition) is 9. The van der Waals surface area contributed by atoms with E-state index in [1.165, 1.54) is 11.1 Å². The van der Waals surface area contributed by atoms with Gasteiger partial charge in [0.05, 0.1) is 24.4 Å². The molecule has 0 aliphatic carbocycles. The van der Waals surface area contributed by atoms with Gasteiger partial charge in [-0.1, -0.05) is 6.07 Å². The summed E-state index contributed by atoms with van der Waals surface area (Å²) in [6.45, 7) is 8.53. The normalized spacial score (nSPS) is 16.1. The number of ether oxygens (including phenoxy) is 1. The summed E-state index contributed by atoms with van der Waals surface area (Å²) in [6.07, 6.45) is 2.67. The molecule has 1 aliphatic rings. The maximum absolute atomic E-state index is 12.7. The molecule has 1 aliphatic heterocycles. The van der Waals surface area contributed by atoms with Crippen LogP contribution in [0, 0.1) is 6.92 Å². The minimum Gasteiger partial charge on any atom is -0.505 e. The van der Waals surface area contributed by atoms with E-state index in [2.05, 4.69) is 20.3 Å². The van der Waals surface area contributed by atoms with Crippen LogP contribution in [0.25, 0.3) is 10.9 Å². The van der Waals surface area contributed by atoms with E-state index in [0.29, 0.717) is 36.4 Å². The second-order valence-corrected chi connectivity index (χ2v) is 10.0. The van der Waals surface area contributed by atoms with Crippen LogP contribution in [0.2, 0.25) is 0 Å². The van der Waals surface area contributed by atoms with Gasteiger partial charge in [-0.05, 0) is 51.5 Å². The van der Waals surface area contributed by atoms with Crippen molar-refractivity contribution in [1.82, 2.24) is 25.2 Å². The van der Waals surface area contributed by atoms with Gasteiger partial charge in [0.1, 0.15) is 11.4 Å². The van der Waals surface area contributed by atoms with Crippen molar-refractivity contribution in [2.45, 2.75) is 45.9 Å². The van der Waals surface area contributed by atoms with Crippen LogP contribution in [-0.2, 0) is 11.3 Å². The van der Waals surface area contributed by atoms with Crippen LogP contribution in [-0.4, -0.2) is 79.9 Å². The molecule has 0 spiro atoms. The molecular weight excluding hydrogens is 476 g/mol. The van der Waals surface area contributed by atoms with Gasteiger partial charge in [0.15, 0.2) is 11.4 Å². The number of piperazine rings is 1. The molecule has 3 aromatic rings. The minimum atomic E-state index is -0.628. The summed E-state index contributed by atoms with van der Waals surface area (Å²) in [4.78, 5) is 41.7. The summed E-state index contributed by atoms with van der Waals surface area (Å²) in [5.74, 6) is -0.146. The Hall–Kier alpha value is -3.99. The highest BCUT2D eigenvalue weighted by molar-refractivity contribution is 6.00. The van der Waals surface area contributed by atoms with E-state index in [1.807, 2.05) is 24.0 Å². The van der Waals surface area contributed by atoms with Crippen LogP contribution >= 0.6 is 0 Å². The predicted octanol–water partition coefficient (Wildman–Crippen LogP) is 2.39. The minimum absolute atomic E-state index is 0.0894. The van der Waals surface area contributed by atoms with Crippen LogP contribution < -0.4 is 10.2 Å².